The minimum Gasteiger partial charge on any atom is -0.385 e. The molecular weight excluding hydrogens is 321 g/mol. The van der Waals surface area contributed by atoms with Crippen molar-refractivity contribution in [3.05, 3.63) is 24.3 Å². The number of rotatable bonds is 9. The van der Waals surface area contributed by atoms with E-state index in [2.05, 4.69) is 4.72 Å². The van der Waals surface area contributed by atoms with Gasteiger partial charge >= 0.3 is 10.2 Å². The lowest BCUT2D eigenvalue weighted by molar-refractivity contribution is 0.192. The zero-order valence-corrected chi connectivity index (χ0v) is 13.2. The molecule has 0 saturated carbocycles. The third-order valence-electron chi connectivity index (χ3n) is 2.71. The molecular formula is C12H18FNO5S2. The lowest BCUT2D eigenvalue weighted by Gasteiger charge is -2.07. The molecule has 0 unspecified atom stereocenters. The maximum absolute atomic E-state index is 12.9. The normalized spacial score (nSPS) is 12.5. The summed E-state index contributed by atoms with van der Waals surface area (Å²) in [5.74, 6) is 0. The maximum atomic E-state index is 12.9. The van der Waals surface area contributed by atoms with Crippen molar-refractivity contribution in [2.75, 3.05) is 20.3 Å². The Labute approximate surface area is 124 Å². The van der Waals surface area contributed by atoms with Crippen LogP contribution in [0.1, 0.15) is 19.3 Å². The zero-order chi connectivity index (χ0) is 15.9. The van der Waals surface area contributed by atoms with Crippen LogP contribution in [-0.2, 0) is 25.0 Å². The Morgan fingerprint density at radius 3 is 2.38 bits per heavy atom. The summed E-state index contributed by atoms with van der Waals surface area (Å²) in [5.41, 5.74) is 0. The number of unbranched alkanes of at least 4 members (excludes halogenated alkanes) is 2. The van der Waals surface area contributed by atoms with Gasteiger partial charge in [0.05, 0.1) is 9.79 Å². The van der Waals surface area contributed by atoms with Gasteiger partial charge in [0.2, 0.25) is 10.0 Å². The topological polar surface area (TPSA) is 89.5 Å². The van der Waals surface area contributed by atoms with Gasteiger partial charge in [-0.2, -0.15) is 8.42 Å². The van der Waals surface area contributed by atoms with Crippen LogP contribution < -0.4 is 4.72 Å². The monoisotopic (exact) mass is 339 g/mol. The summed E-state index contributed by atoms with van der Waals surface area (Å²) in [6.45, 7) is 0.835. The van der Waals surface area contributed by atoms with E-state index in [0.717, 1.165) is 25.0 Å². The molecule has 9 heteroatoms. The third kappa shape index (κ3) is 6.08. The maximum Gasteiger partial charge on any atom is 0.332 e. The number of hydrogen-bond acceptors (Lipinski definition) is 5. The minimum absolute atomic E-state index is 0.221. The number of methoxy groups -OCH3 is 1. The molecule has 6 nitrogen and oxygen atoms in total. The molecule has 0 aliphatic rings. The predicted molar refractivity (Wildman–Crippen MR) is 75.7 cm³/mol. The first-order valence-electron chi connectivity index (χ1n) is 6.31. The second kappa shape index (κ2) is 7.83. The molecule has 0 radical (unpaired) electrons. The van der Waals surface area contributed by atoms with Gasteiger partial charge in [0, 0.05) is 20.3 Å². The molecule has 0 heterocycles. The van der Waals surface area contributed by atoms with Crippen molar-refractivity contribution in [3.63, 3.8) is 0 Å². The van der Waals surface area contributed by atoms with E-state index in [0.29, 0.717) is 13.0 Å². The van der Waals surface area contributed by atoms with Crippen LogP contribution in [0.5, 0.6) is 0 Å². The number of halogens is 1. The van der Waals surface area contributed by atoms with Gasteiger partial charge in [-0.3, -0.25) is 0 Å². The molecule has 0 saturated heterocycles. The molecule has 0 aliphatic carbocycles. The smallest absolute Gasteiger partial charge is 0.332 e. The molecule has 0 fully saturated rings. The molecule has 1 aromatic rings. The molecule has 1 aromatic carbocycles. The lowest BCUT2D eigenvalue weighted by atomic mass is 10.2. The highest BCUT2D eigenvalue weighted by molar-refractivity contribution is 7.89. The molecule has 0 spiro atoms. The molecule has 0 atom stereocenters. The summed E-state index contributed by atoms with van der Waals surface area (Å²) < 4.78 is 65.5. The van der Waals surface area contributed by atoms with E-state index in [9.17, 15) is 20.7 Å². The van der Waals surface area contributed by atoms with Crippen molar-refractivity contribution >= 4 is 20.2 Å². The van der Waals surface area contributed by atoms with Gasteiger partial charge in [-0.25, -0.2) is 13.1 Å². The van der Waals surface area contributed by atoms with Crippen molar-refractivity contribution in [3.8, 4) is 0 Å². The lowest BCUT2D eigenvalue weighted by Crippen LogP contribution is -2.25. The van der Waals surface area contributed by atoms with Crippen molar-refractivity contribution in [1.82, 2.24) is 4.72 Å². The fraction of sp³-hybridized carbons (Fsp3) is 0.500. The summed E-state index contributed by atoms with van der Waals surface area (Å²) in [7, 11) is -7.18. The average Bonchev–Trinajstić information content (AvgIpc) is 2.42. The van der Waals surface area contributed by atoms with Crippen LogP contribution in [0.2, 0.25) is 0 Å². The van der Waals surface area contributed by atoms with E-state index >= 15 is 0 Å². The zero-order valence-electron chi connectivity index (χ0n) is 11.6. The van der Waals surface area contributed by atoms with Crippen LogP contribution in [0, 0.1) is 0 Å². The largest absolute Gasteiger partial charge is 0.385 e. The highest BCUT2D eigenvalue weighted by atomic mass is 32.3. The van der Waals surface area contributed by atoms with Crippen LogP contribution in [0.3, 0.4) is 0 Å². The number of benzene rings is 1. The third-order valence-corrected chi connectivity index (χ3v) is 4.99. The van der Waals surface area contributed by atoms with Gasteiger partial charge in [-0.1, -0.05) is 6.07 Å². The van der Waals surface area contributed by atoms with Crippen LogP contribution in [0.25, 0.3) is 0 Å². The number of sulfonamides is 1. The molecule has 120 valence electrons. The molecule has 0 amide bonds. The van der Waals surface area contributed by atoms with Crippen molar-refractivity contribution in [2.45, 2.75) is 29.1 Å². The fourth-order valence-electron chi connectivity index (χ4n) is 1.63. The van der Waals surface area contributed by atoms with Gasteiger partial charge < -0.3 is 4.74 Å². The van der Waals surface area contributed by atoms with Gasteiger partial charge in [0.15, 0.2) is 0 Å². The van der Waals surface area contributed by atoms with Gasteiger partial charge in [0.25, 0.3) is 0 Å². The standard InChI is InChI=1S/C12H18FNO5S2/c1-19-9-4-2-3-8-14-21(17,18)12-7-5-6-11(10-12)20(13,15)16/h5-7,10,14H,2-4,8-9H2,1H3. The van der Waals surface area contributed by atoms with Gasteiger partial charge in [0.1, 0.15) is 0 Å². The summed E-state index contributed by atoms with van der Waals surface area (Å²) in [5, 5.41) is 0. The van der Waals surface area contributed by atoms with Crippen LogP contribution >= 0.6 is 0 Å². The van der Waals surface area contributed by atoms with Gasteiger partial charge in [-0.15, -0.1) is 3.89 Å². The van der Waals surface area contributed by atoms with Gasteiger partial charge in [-0.05, 0) is 37.5 Å². The molecule has 1 rings (SSSR count). The van der Waals surface area contributed by atoms with E-state index in [-0.39, 0.29) is 11.4 Å². The Bertz CT molecular complexity index is 658. The molecule has 0 bridgehead atoms. The quantitative estimate of drug-likeness (QED) is 0.543. The second-order valence-corrected chi connectivity index (χ2v) is 7.48. The van der Waals surface area contributed by atoms with Crippen molar-refractivity contribution < 1.29 is 25.5 Å². The summed E-state index contributed by atoms with van der Waals surface area (Å²) >= 11 is 0. The SMILES string of the molecule is COCCCCCNS(=O)(=O)c1cccc(S(=O)(=O)F)c1. The van der Waals surface area contributed by atoms with Crippen molar-refractivity contribution in [2.24, 2.45) is 0 Å². The van der Waals surface area contributed by atoms with E-state index in [1.165, 1.54) is 12.1 Å². The van der Waals surface area contributed by atoms with E-state index in [4.69, 9.17) is 4.74 Å². The number of nitrogens with one attached hydrogen (secondary N) is 1. The molecule has 0 aliphatic heterocycles. The molecule has 0 aromatic heterocycles. The van der Waals surface area contributed by atoms with Crippen molar-refractivity contribution in [1.29, 1.82) is 0 Å². The summed E-state index contributed by atoms with van der Waals surface area (Å²) in [6, 6.07) is 4.18. The minimum atomic E-state index is -4.93. The fourth-order valence-corrected chi connectivity index (χ4v) is 3.33. The Morgan fingerprint density at radius 2 is 1.76 bits per heavy atom. The van der Waals surface area contributed by atoms with Crippen LogP contribution in [-0.4, -0.2) is 37.1 Å². The first-order valence-corrected chi connectivity index (χ1v) is 9.17. The highest BCUT2D eigenvalue weighted by Crippen LogP contribution is 2.17. The predicted octanol–water partition coefficient (Wildman–Crippen LogP) is 1.44. The number of ether oxygens (including phenoxy) is 1. The van der Waals surface area contributed by atoms with Crippen LogP contribution in [0.15, 0.2) is 34.1 Å². The Morgan fingerprint density at radius 1 is 1.10 bits per heavy atom. The number of hydrogen-bond donors (Lipinski definition) is 1. The highest BCUT2D eigenvalue weighted by Gasteiger charge is 2.18. The molecule has 21 heavy (non-hydrogen) atoms. The van der Waals surface area contributed by atoms with E-state index < -0.39 is 25.1 Å². The summed E-state index contributed by atoms with van der Waals surface area (Å²) in [6.07, 6.45) is 2.26. The summed E-state index contributed by atoms with van der Waals surface area (Å²) in [4.78, 5) is -0.955. The Balaban J connectivity index is 2.67. The van der Waals surface area contributed by atoms with E-state index in [1.807, 2.05) is 0 Å². The van der Waals surface area contributed by atoms with Crippen LogP contribution in [0.4, 0.5) is 3.89 Å². The first kappa shape index (κ1) is 18.0. The second-order valence-electron chi connectivity index (χ2n) is 4.36. The Kier molecular flexibility index (Phi) is 6.72. The first-order chi connectivity index (χ1) is 9.77. The van der Waals surface area contributed by atoms with E-state index in [1.54, 1.807) is 7.11 Å². The average molecular weight is 339 g/mol. The Hall–Kier alpha value is -1.03. The molecule has 1 N–H and O–H groups in total.